The molecule has 0 heterocycles. The van der Waals surface area contributed by atoms with Gasteiger partial charge in [-0.15, -0.1) is 0 Å². The summed E-state index contributed by atoms with van der Waals surface area (Å²) in [6.07, 6.45) is 0.482. The summed E-state index contributed by atoms with van der Waals surface area (Å²) < 4.78 is 0. The van der Waals surface area contributed by atoms with Crippen LogP contribution in [0.4, 0.5) is 0 Å². The Kier molecular flexibility index (Phi) is 5.50. The maximum Gasteiger partial charge on any atom is 0.251 e. The predicted molar refractivity (Wildman–Crippen MR) is 84.1 cm³/mol. The molecule has 0 saturated heterocycles. The fourth-order valence-electron chi connectivity index (χ4n) is 2.17. The topological polar surface area (TPSA) is 82.0 Å². The first-order chi connectivity index (χ1) is 10.7. The van der Waals surface area contributed by atoms with E-state index >= 15 is 0 Å². The molecule has 0 aliphatic heterocycles. The molecule has 0 aliphatic carbocycles. The fourth-order valence-corrected chi connectivity index (χ4v) is 2.17. The van der Waals surface area contributed by atoms with Gasteiger partial charge in [-0.2, -0.15) is 5.26 Å². The second-order valence-electron chi connectivity index (χ2n) is 4.82. The first-order valence-electron chi connectivity index (χ1n) is 7.12. The van der Waals surface area contributed by atoms with Crippen LogP contribution >= 0.6 is 0 Å². The van der Waals surface area contributed by atoms with Crippen LogP contribution in [0, 0.1) is 11.3 Å². The predicted octanol–water partition coefficient (Wildman–Crippen LogP) is 1.99. The van der Waals surface area contributed by atoms with Crippen LogP contribution in [0.3, 0.4) is 0 Å². The first kappa shape index (κ1) is 15.5. The van der Waals surface area contributed by atoms with Crippen molar-refractivity contribution in [2.24, 2.45) is 0 Å². The minimum Gasteiger partial charge on any atom is -0.355 e. The lowest BCUT2D eigenvalue weighted by Crippen LogP contribution is -2.29. The second-order valence-corrected chi connectivity index (χ2v) is 4.82. The minimum atomic E-state index is -0.289. The average molecular weight is 295 g/mol. The van der Waals surface area contributed by atoms with Crippen LogP contribution < -0.4 is 10.6 Å². The Labute approximate surface area is 128 Å². The van der Waals surface area contributed by atoms with E-state index < -0.39 is 0 Å². The van der Waals surface area contributed by atoms with Gasteiger partial charge in [-0.3, -0.25) is 9.59 Å². The summed E-state index contributed by atoms with van der Waals surface area (Å²) in [5.74, 6) is -0.414. The molecule has 0 spiro atoms. The highest BCUT2D eigenvalue weighted by Crippen LogP contribution is 2.18. The van der Waals surface area contributed by atoms with E-state index in [9.17, 15) is 9.59 Å². The summed E-state index contributed by atoms with van der Waals surface area (Å²) >= 11 is 0. The summed E-state index contributed by atoms with van der Waals surface area (Å²) in [6.45, 7) is 0.908. The molecule has 0 saturated carbocycles. The molecule has 112 valence electrons. The quantitative estimate of drug-likeness (QED) is 0.800. The molecule has 2 aromatic rings. The van der Waals surface area contributed by atoms with Crippen molar-refractivity contribution < 1.29 is 9.59 Å². The van der Waals surface area contributed by atoms with Gasteiger partial charge in [-0.05, 0) is 23.3 Å². The van der Waals surface area contributed by atoms with Gasteiger partial charge in [0.25, 0.3) is 5.91 Å². The van der Waals surface area contributed by atoms with Crippen molar-refractivity contribution >= 4 is 22.6 Å². The van der Waals surface area contributed by atoms with Crippen molar-refractivity contribution in [2.75, 3.05) is 13.1 Å². The van der Waals surface area contributed by atoms with Gasteiger partial charge < -0.3 is 10.6 Å². The molecule has 0 radical (unpaired) electrons. The van der Waals surface area contributed by atoms with Gasteiger partial charge in [0.2, 0.25) is 5.91 Å². The molecule has 0 fully saturated rings. The van der Waals surface area contributed by atoms with Crippen LogP contribution in [-0.2, 0) is 4.79 Å². The van der Waals surface area contributed by atoms with E-state index in [4.69, 9.17) is 5.26 Å². The number of carbonyl (C=O) groups excluding carboxylic acids is 2. The molecule has 5 heteroatoms. The van der Waals surface area contributed by atoms with E-state index in [1.165, 1.54) is 0 Å². The monoisotopic (exact) mass is 295 g/mol. The van der Waals surface area contributed by atoms with Gasteiger partial charge in [0.15, 0.2) is 0 Å². The molecule has 0 atom stereocenters. The van der Waals surface area contributed by atoms with E-state index in [1.54, 1.807) is 12.1 Å². The second kappa shape index (κ2) is 7.79. The highest BCUT2D eigenvalue weighted by atomic mass is 16.2. The third kappa shape index (κ3) is 4.06. The minimum absolute atomic E-state index is 0.125. The molecule has 2 N–H and O–H groups in total. The fraction of sp³-hybridized carbons (Fsp3) is 0.235. The van der Waals surface area contributed by atoms with Crippen LogP contribution in [-0.4, -0.2) is 24.9 Å². The number of nitrogens with one attached hydrogen (secondary N) is 2. The van der Waals surface area contributed by atoms with Crippen LogP contribution in [0.5, 0.6) is 0 Å². The zero-order valence-corrected chi connectivity index (χ0v) is 12.1. The zero-order chi connectivity index (χ0) is 15.8. The Morgan fingerprint density at radius 2 is 1.73 bits per heavy atom. The summed E-state index contributed by atoms with van der Waals surface area (Å²) in [6, 6.07) is 15.1. The summed E-state index contributed by atoms with van der Waals surface area (Å²) in [4.78, 5) is 23.3. The molecule has 2 amide bonds. The van der Waals surface area contributed by atoms with Crippen LogP contribution in [0.15, 0.2) is 42.5 Å². The highest BCUT2D eigenvalue weighted by Gasteiger charge is 2.08. The van der Waals surface area contributed by atoms with Crippen molar-refractivity contribution in [1.82, 2.24) is 10.6 Å². The van der Waals surface area contributed by atoms with E-state index in [-0.39, 0.29) is 18.2 Å². The van der Waals surface area contributed by atoms with Gasteiger partial charge in [0, 0.05) is 18.7 Å². The SMILES string of the molecule is N#CCC(=O)NCCCNC(=O)c1cccc2ccccc12. The number of benzene rings is 2. The highest BCUT2D eigenvalue weighted by molar-refractivity contribution is 6.06. The molecule has 2 rings (SSSR count). The molecule has 2 aromatic carbocycles. The van der Waals surface area contributed by atoms with Gasteiger partial charge in [-0.1, -0.05) is 36.4 Å². The van der Waals surface area contributed by atoms with E-state index in [2.05, 4.69) is 10.6 Å². The maximum atomic E-state index is 12.2. The number of rotatable bonds is 6. The number of hydrogen-bond donors (Lipinski definition) is 2. The van der Waals surface area contributed by atoms with E-state index in [0.717, 1.165) is 10.8 Å². The Bertz CT molecular complexity index is 714. The van der Waals surface area contributed by atoms with Crippen molar-refractivity contribution in [3.8, 4) is 6.07 Å². The molecule has 22 heavy (non-hydrogen) atoms. The molecular formula is C17H17N3O2. The van der Waals surface area contributed by atoms with Crippen molar-refractivity contribution in [3.05, 3.63) is 48.0 Å². The summed E-state index contributed by atoms with van der Waals surface area (Å²) in [5.41, 5.74) is 0.645. The van der Waals surface area contributed by atoms with Gasteiger partial charge in [0.05, 0.1) is 6.07 Å². The first-order valence-corrected chi connectivity index (χ1v) is 7.12. The van der Waals surface area contributed by atoms with Crippen molar-refractivity contribution in [3.63, 3.8) is 0 Å². The lowest BCUT2D eigenvalue weighted by molar-refractivity contribution is -0.120. The third-order valence-corrected chi connectivity index (χ3v) is 3.24. The van der Waals surface area contributed by atoms with Crippen molar-refractivity contribution in [1.29, 1.82) is 5.26 Å². The summed E-state index contributed by atoms with van der Waals surface area (Å²) in [5, 5.41) is 15.8. The van der Waals surface area contributed by atoms with Crippen LogP contribution in [0.25, 0.3) is 10.8 Å². The van der Waals surface area contributed by atoms with Crippen LogP contribution in [0.2, 0.25) is 0 Å². The van der Waals surface area contributed by atoms with Crippen molar-refractivity contribution in [2.45, 2.75) is 12.8 Å². The molecule has 0 unspecified atom stereocenters. The van der Waals surface area contributed by atoms with Crippen LogP contribution in [0.1, 0.15) is 23.2 Å². The Morgan fingerprint density at radius 1 is 1.00 bits per heavy atom. The lowest BCUT2D eigenvalue weighted by atomic mass is 10.0. The number of fused-ring (bicyclic) bond motifs is 1. The van der Waals surface area contributed by atoms with Gasteiger partial charge in [-0.25, -0.2) is 0 Å². The van der Waals surface area contributed by atoms with E-state index in [1.807, 2.05) is 36.4 Å². The number of carbonyl (C=O) groups is 2. The summed E-state index contributed by atoms with van der Waals surface area (Å²) in [7, 11) is 0. The molecule has 5 nitrogen and oxygen atoms in total. The largest absolute Gasteiger partial charge is 0.355 e. The number of amides is 2. The lowest BCUT2D eigenvalue weighted by Gasteiger charge is -2.08. The number of nitrogens with zero attached hydrogens (tertiary/aromatic N) is 1. The third-order valence-electron chi connectivity index (χ3n) is 3.24. The average Bonchev–Trinajstić information content (AvgIpc) is 2.54. The zero-order valence-electron chi connectivity index (χ0n) is 12.1. The molecule has 0 aromatic heterocycles. The Morgan fingerprint density at radius 3 is 2.55 bits per heavy atom. The van der Waals surface area contributed by atoms with Gasteiger partial charge >= 0.3 is 0 Å². The standard InChI is InChI=1S/C17H17N3O2/c18-10-9-16(21)19-11-4-12-20-17(22)15-8-3-6-13-5-1-2-7-14(13)15/h1-3,5-8H,4,9,11-12H2,(H,19,21)(H,20,22). The van der Waals surface area contributed by atoms with Gasteiger partial charge in [0.1, 0.15) is 6.42 Å². The number of nitriles is 1. The number of hydrogen-bond acceptors (Lipinski definition) is 3. The molecule has 0 aliphatic rings. The smallest absolute Gasteiger partial charge is 0.251 e. The molecule has 0 bridgehead atoms. The Balaban J connectivity index is 1.85. The normalized spacial score (nSPS) is 9.95. The van der Waals surface area contributed by atoms with E-state index in [0.29, 0.717) is 25.1 Å². The molecular weight excluding hydrogens is 278 g/mol. The maximum absolute atomic E-state index is 12.2. The Hall–Kier alpha value is -2.87.